The lowest BCUT2D eigenvalue weighted by molar-refractivity contribution is -0.137. The van der Waals surface area contributed by atoms with Gasteiger partial charge in [-0.05, 0) is 38.3 Å². The number of carboxylic acid groups (broad SMARTS) is 1. The fourth-order valence-electron chi connectivity index (χ4n) is 3.02. The largest absolute Gasteiger partial charge is 0.481 e. The molecule has 8 nitrogen and oxygen atoms in total. The standard InChI is InChI=1S/C24H30N2O6/c1-24(2,3)32-23(30)26-19(14-17-10-6-4-7-11-17)20(15-21(27)28)25-22(29)31-16-18-12-8-5-9-13-18/h4-13,19-20H,14-16H2,1-3H3,(H,25,29)(H,26,30)(H,27,28). The molecule has 32 heavy (non-hydrogen) atoms. The van der Waals surface area contributed by atoms with Crippen molar-refractivity contribution in [3.63, 3.8) is 0 Å². The molecule has 0 spiro atoms. The number of nitrogens with one attached hydrogen (secondary N) is 2. The van der Waals surface area contributed by atoms with E-state index in [4.69, 9.17) is 9.47 Å². The van der Waals surface area contributed by atoms with Gasteiger partial charge in [-0.15, -0.1) is 0 Å². The van der Waals surface area contributed by atoms with Crippen LogP contribution in [0.1, 0.15) is 38.3 Å². The van der Waals surface area contributed by atoms with E-state index >= 15 is 0 Å². The highest BCUT2D eigenvalue weighted by atomic mass is 16.6. The van der Waals surface area contributed by atoms with Gasteiger partial charge in [-0.3, -0.25) is 4.79 Å². The summed E-state index contributed by atoms with van der Waals surface area (Å²) >= 11 is 0. The zero-order chi connectivity index (χ0) is 23.6. The SMILES string of the molecule is CC(C)(C)OC(=O)NC(Cc1ccccc1)C(CC(=O)O)NC(=O)OCc1ccccc1. The maximum Gasteiger partial charge on any atom is 0.407 e. The molecule has 0 heterocycles. The summed E-state index contributed by atoms with van der Waals surface area (Å²) in [5.41, 5.74) is 0.930. The molecular formula is C24H30N2O6. The Morgan fingerprint density at radius 3 is 1.91 bits per heavy atom. The van der Waals surface area contributed by atoms with E-state index < -0.39 is 42.3 Å². The van der Waals surface area contributed by atoms with Crippen LogP contribution < -0.4 is 10.6 Å². The average Bonchev–Trinajstić information content (AvgIpc) is 2.71. The molecule has 0 saturated heterocycles. The number of carboxylic acids is 1. The first-order chi connectivity index (χ1) is 15.1. The molecule has 2 rings (SSSR count). The summed E-state index contributed by atoms with van der Waals surface area (Å²) in [6.45, 7) is 5.22. The fraction of sp³-hybridized carbons (Fsp3) is 0.375. The average molecular weight is 443 g/mol. The number of ether oxygens (including phenoxy) is 2. The zero-order valence-corrected chi connectivity index (χ0v) is 18.5. The van der Waals surface area contributed by atoms with Crippen LogP contribution in [0.3, 0.4) is 0 Å². The molecule has 2 unspecified atom stereocenters. The summed E-state index contributed by atoms with van der Waals surface area (Å²) in [6, 6.07) is 16.7. The molecule has 0 aromatic heterocycles. The number of alkyl carbamates (subject to hydrolysis) is 2. The van der Waals surface area contributed by atoms with Gasteiger partial charge in [0.2, 0.25) is 0 Å². The van der Waals surface area contributed by atoms with Crippen molar-refractivity contribution in [3.8, 4) is 0 Å². The zero-order valence-electron chi connectivity index (χ0n) is 18.5. The van der Waals surface area contributed by atoms with E-state index in [-0.39, 0.29) is 13.0 Å². The van der Waals surface area contributed by atoms with Crippen molar-refractivity contribution in [2.24, 2.45) is 0 Å². The lowest BCUT2D eigenvalue weighted by Gasteiger charge is -2.29. The molecule has 3 N–H and O–H groups in total. The number of carbonyl (C=O) groups excluding carboxylic acids is 2. The summed E-state index contributed by atoms with van der Waals surface area (Å²) < 4.78 is 10.6. The van der Waals surface area contributed by atoms with Gasteiger partial charge in [0.05, 0.1) is 18.5 Å². The highest BCUT2D eigenvalue weighted by Gasteiger charge is 2.29. The van der Waals surface area contributed by atoms with Gasteiger partial charge in [-0.2, -0.15) is 0 Å². The number of hydrogen-bond acceptors (Lipinski definition) is 5. The van der Waals surface area contributed by atoms with E-state index in [9.17, 15) is 19.5 Å². The van der Waals surface area contributed by atoms with E-state index in [1.165, 1.54) is 0 Å². The Balaban J connectivity index is 2.14. The van der Waals surface area contributed by atoms with Crippen LogP contribution in [0.25, 0.3) is 0 Å². The van der Waals surface area contributed by atoms with Gasteiger partial charge in [0.15, 0.2) is 0 Å². The second-order valence-electron chi connectivity index (χ2n) is 8.35. The molecule has 2 aromatic carbocycles. The van der Waals surface area contributed by atoms with Crippen molar-refractivity contribution in [1.82, 2.24) is 10.6 Å². The van der Waals surface area contributed by atoms with Gasteiger partial charge in [0, 0.05) is 0 Å². The molecule has 0 radical (unpaired) electrons. The Labute approximate surface area is 187 Å². The van der Waals surface area contributed by atoms with Crippen molar-refractivity contribution in [3.05, 3.63) is 71.8 Å². The van der Waals surface area contributed by atoms with Crippen molar-refractivity contribution >= 4 is 18.2 Å². The van der Waals surface area contributed by atoms with Gasteiger partial charge in [-0.1, -0.05) is 60.7 Å². The predicted molar refractivity (Wildman–Crippen MR) is 119 cm³/mol. The summed E-state index contributed by atoms with van der Waals surface area (Å²) in [7, 11) is 0. The van der Waals surface area contributed by atoms with Crippen LogP contribution in [0.4, 0.5) is 9.59 Å². The first kappa shape index (κ1) is 24.7. The normalized spacial score (nSPS) is 12.8. The van der Waals surface area contributed by atoms with Gasteiger partial charge in [0.25, 0.3) is 0 Å². The van der Waals surface area contributed by atoms with E-state index in [0.29, 0.717) is 0 Å². The van der Waals surface area contributed by atoms with Crippen LogP contribution in [0, 0.1) is 0 Å². The van der Waals surface area contributed by atoms with Crippen molar-refractivity contribution < 1.29 is 29.0 Å². The summed E-state index contributed by atoms with van der Waals surface area (Å²) in [6.07, 6.45) is -1.59. The van der Waals surface area contributed by atoms with Crippen LogP contribution in [-0.2, 0) is 27.3 Å². The van der Waals surface area contributed by atoms with Crippen molar-refractivity contribution in [1.29, 1.82) is 0 Å². The third-order valence-electron chi connectivity index (χ3n) is 4.40. The smallest absolute Gasteiger partial charge is 0.407 e. The monoisotopic (exact) mass is 442 g/mol. The van der Waals surface area contributed by atoms with Crippen LogP contribution in [0.2, 0.25) is 0 Å². The van der Waals surface area contributed by atoms with Gasteiger partial charge < -0.3 is 25.2 Å². The number of hydrogen-bond donors (Lipinski definition) is 3. The van der Waals surface area contributed by atoms with Crippen LogP contribution >= 0.6 is 0 Å². The van der Waals surface area contributed by atoms with Gasteiger partial charge in [-0.25, -0.2) is 9.59 Å². The van der Waals surface area contributed by atoms with Crippen LogP contribution in [0.5, 0.6) is 0 Å². The minimum absolute atomic E-state index is 0.0370. The van der Waals surface area contributed by atoms with E-state index in [2.05, 4.69) is 10.6 Å². The summed E-state index contributed by atoms with van der Waals surface area (Å²) in [5.74, 6) is -1.12. The number of carbonyl (C=O) groups is 3. The van der Waals surface area contributed by atoms with Gasteiger partial charge >= 0.3 is 18.2 Å². The summed E-state index contributed by atoms with van der Waals surface area (Å²) in [5, 5.41) is 14.7. The Kier molecular flexibility index (Phi) is 9.07. The topological polar surface area (TPSA) is 114 Å². The minimum Gasteiger partial charge on any atom is -0.481 e. The van der Waals surface area contributed by atoms with Crippen LogP contribution in [0.15, 0.2) is 60.7 Å². The Hall–Kier alpha value is -3.55. The molecule has 0 saturated carbocycles. The lowest BCUT2D eigenvalue weighted by atomic mass is 9.97. The van der Waals surface area contributed by atoms with Crippen molar-refractivity contribution in [2.45, 2.75) is 57.9 Å². The number of benzene rings is 2. The number of aliphatic carboxylic acids is 1. The Morgan fingerprint density at radius 2 is 1.38 bits per heavy atom. The molecule has 0 fully saturated rings. The second-order valence-corrected chi connectivity index (χ2v) is 8.35. The molecule has 0 bridgehead atoms. The number of amides is 2. The highest BCUT2D eigenvalue weighted by molar-refractivity contribution is 5.73. The van der Waals surface area contributed by atoms with Gasteiger partial charge in [0.1, 0.15) is 12.2 Å². The molecule has 2 atom stereocenters. The second kappa shape index (κ2) is 11.7. The molecule has 8 heteroatoms. The highest BCUT2D eigenvalue weighted by Crippen LogP contribution is 2.13. The van der Waals surface area contributed by atoms with E-state index in [1.807, 2.05) is 60.7 Å². The Morgan fingerprint density at radius 1 is 0.844 bits per heavy atom. The third kappa shape index (κ3) is 9.51. The fourth-order valence-corrected chi connectivity index (χ4v) is 3.02. The molecular weight excluding hydrogens is 412 g/mol. The van der Waals surface area contributed by atoms with E-state index in [0.717, 1.165) is 11.1 Å². The summed E-state index contributed by atoms with van der Waals surface area (Å²) in [4.78, 5) is 36.3. The van der Waals surface area contributed by atoms with E-state index in [1.54, 1.807) is 20.8 Å². The molecule has 0 aliphatic carbocycles. The molecule has 2 amide bonds. The quantitative estimate of drug-likeness (QED) is 0.543. The van der Waals surface area contributed by atoms with Crippen LogP contribution in [-0.4, -0.2) is 40.9 Å². The molecule has 0 aliphatic rings. The lowest BCUT2D eigenvalue weighted by Crippen LogP contribution is -2.54. The molecule has 172 valence electrons. The first-order valence-electron chi connectivity index (χ1n) is 10.3. The number of rotatable bonds is 9. The maximum atomic E-state index is 12.4. The molecule has 0 aliphatic heterocycles. The van der Waals surface area contributed by atoms with Crippen molar-refractivity contribution in [2.75, 3.05) is 0 Å². The maximum absolute atomic E-state index is 12.4. The predicted octanol–water partition coefficient (Wildman–Crippen LogP) is 3.89. The first-order valence-corrected chi connectivity index (χ1v) is 10.3. The minimum atomic E-state index is -1.12. The Bertz CT molecular complexity index is 880. The molecule has 2 aromatic rings. The third-order valence-corrected chi connectivity index (χ3v) is 4.40.